The minimum Gasteiger partial charge on any atom is -0.438 e. The van der Waals surface area contributed by atoms with Crippen LogP contribution < -0.4 is 9.64 Å². The second kappa shape index (κ2) is 9.69. The number of halogens is 2. The van der Waals surface area contributed by atoms with E-state index >= 15 is 0 Å². The summed E-state index contributed by atoms with van der Waals surface area (Å²) in [4.78, 5) is 13.9. The molecule has 3 heterocycles. The summed E-state index contributed by atoms with van der Waals surface area (Å²) in [6, 6.07) is 12.0. The smallest absolute Gasteiger partial charge is 0.243 e. The summed E-state index contributed by atoms with van der Waals surface area (Å²) in [7, 11) is -1.73. The first-order chi connectivity index (χ1) is 16.8. The average molecular weight is 518 g/mol. The van der Waals surface area contributed by atoms with Crippen LogP contribution in [0.2, 0.25) is 5.02 Å². The van der Waals surface area contributed by atoms with E-state index in [0.29, 0.717) is 23.0 Å². The van der Waals surface area contributed by atoms with E-state index in [2.05, 4.69) is 21.8 Å². The zero-order valence-corrected chi connectivity index (χ0v) is 20.8. The topological polar surface area (TPSA) is 78.9 Å². The molecule has 1 aromatic heterocycles. The van der Waals surface area contributed by atoms with Crippen LogP contribution in [0.1, 0.15) is 11.3 Å². The summed E-state index contributed by atoms with van der Waals surface area (Å²) in [6.07, 6.45) is 0.401. The van der Waals surface area contributed by atoms with Crippen LogP contribution in [-0.4, -0.2) is 67.4 Å². The lowest BCUT2D eigenvalue weighted by Crippen LogP contribution is -2.45. The van der Waals surface area contributed by atoms with Gasteiger partial charge in [0, 0.05) is 56.8 Å². The minimum absolute atomic E-state index is 0.0395. The van der Waals surface area contributed by atoms with E-state index in [1.807, 2.05) is 0 Å². The Morgan fingerprint density at radius 2 is 1.77 bits per heavy atom. The van der Waals surface area contributed by atoms with E-state index in [-0.39, 0.29) is 29.6 Å². The van der Waals surface area contributed by atoms with Crippen LogP contribution in [0.4, 0.5) is 10.3 Å². The number of anilines is 1. The Kier molecular flexibility index (Phi) is 6.63. The van der Waals surface area contributed by atoms with Crippen LogP contribution >= 0.6 is 11.6 Å². The standard InChI is InChI=1S/C24H25ClFN5O3S/c1-29-10-12-30(13-11-29)24-27-22-8-9-31(35(32,33)20-7-2-4-17(25)14-20)16-21(22)23(28-24)34-19-6-3-5-18(26)15-19/h2-7,14-15H,8-13,16H2,1H3. The molecule has 0 bridgehead atoms. The molecular weight excluding hydrogens is 493 g/mol. The highest BCUT2D eigenvalue weighted by molar-refractivity contribution is 7.89. The number of sulfonamides is 1. The predicted molar refractivity (Wildman–Crippen MR) is 131 cm³/mol. The molecule has 3 aromatic rings. The van der Waals surface area contributed by atoms with Gasteiger partial charge in [0.2, 0.25) is 21.9 Å². The largest absolute Gasteiger partial charge is 0.438 e. The zero-order chi connectivity index (χ0) is 24.6. The van der Waals surface area contributed by atoms with E-state index in [1.165, 1.54) is 28.6 Å². The van der Waals surface area contributed by atoms with E-state index in [4.69, 9.17) is 21.3 Å². The van der Waals surface area contributed by atoms with Gasteiger partial charge in [-0.15, -0.1) is 0 Å². The van der Waals surface area contributed by atoms with Gasteiger partial charge in [-0.05, 0) is 37.4 Å². The maximum Gasteiger partial charge on any atom is 0.243 e. The van der Waals surface area contributed by atoms with Gasteiger partial charge in [0.15, 0.2) is 0 Å². The molecule has 0 spiro atoms. The van der Waals surface area contributed by atoms with Crippen LogP contribution in [0.3, 0.4) is 0 Å². The van der Waals surface area contributed by atoms with Crippen LogP contribution in [0.25, 0.3) is 0 Å². The summed E-state index contributed by atoms with van der Waals surface area (Å²) < 4.78 is 47.9. The van der Waals surface area contributed by atoms with Crippen molar-refractivity contribution < 1.29 is 17.5 Å². The highest BCUT2D eigenvalue weighted by Crippen LogP contribution is 2.34. The molecule has 1 fully saturated rings. The molecule has 35 heavy (non-hydrogen) atoms. The van der Waals surface area contributed by atoms with E-state index in [9.17, 15) is 12.8 Å². The number of aromatic nitrogens is 2. The van der Waals surface area contributed by atoms with Crippen molar-refractivity contribution in [3.8, 4) is 11.6 Å². The van der Waals surface area contributed by atoms with Crippen LogP contribution in [0.5, 0.6) is 11.6 Å². The first-order valence-corrected chi connectivity index (χ1v) is 13.1. The van der Waals surface area contributed by atoms with Gasteiger partial charge in [-0.3, -0.25) is 0 Å². The molecule has 2 aromatic carbocycles. The SMILES string of the molecule is CN1CCN(c2nc3c(c(Oc4cccc(F)c4)n2)CN(S(=O)(=O)c2cccc(Cl)c2)CC3)CC1. The summed E-state index contributed by atoms with van der Waals surface area (Å²) in [6.45, 7) is 3.60. The second-order valence-corrected chi connectivity index (χ2v) is 11.0. The third-order valence-corrected chi connectivity index (χ3v) is 8.28. The fourth-order valence-corrected chi connectivity index (χ4v) is 5.91. The molecule has 2 aliphatic heterocycles. The van der Waals surface area contributed by atoms with Gasteiger partial charge in [-0.1, -0.05) is 23.7 Å². The Morgan fingerprint density at radius 3 is 2.51 bits per heavy atom. The maximum absolute atomic E-state index is 13.8. The van der Waals surface area contributed by atoms with Gasteiger partial charge >= 0.3 is 0 Å². The van der Waals surface area contributed by atoms with Crippen LogP contribution in [-0.2, 0) is 23.0 Å². The third kappa shape index (κ3) is 5.11. The third-order valence-electron chi connectivity index (χ3n) is 6.21. The molecule has 0 aliphatic carbocycles. The van der Waals surface area contributed by atoms with Gasteiger partial charge in [0.25, 0.3) is 0 Å². The Balaban J connectivity index is 1.51. The number of fused-ring (bicyclic) bond motifs is 1. The number of likely N-dealkylation sites (N-methyl/N-ethyl adjacent to an activating group) is 1. The first kappa shape index (κ1) is 23.9. The second-order valence-electron chi connectivity index (χ2n) is 8.65. The van der Waals surface area contributed by atoms with Crippen LogP contribution in [0.15, 0.2) is 53.4 Å². The Labute approximate surface area is 209 Å². The number of nitrogens with zero attached hydrogens (tertiary/aromatic N) is 5. The quantitative estimate of drug-likeness (QED) is 0.512. The lowest BCUT2D eigenvalue weighted by atomic mass is 10.1. The lowest BCUT2D eigenvalue weighted by molar-refractivity contribution is 0.310. The fourth-order valence-electron chi connectivity index (χ4n) is 4.20. The molecule has 0 radical (unpaired) electrons. The van der Waals surface area contributed by atoms with Crippen molar-refractivity contribution in [3.63, 3.8) is 0 Å². The van der Waals surface area contributed by atoms with Gasteiger partial charge in [-0.25, -0.2) is 17.8 Å². The normalized spacial score (nSPS) is 17.3. The van der Waals surface area contributed by atoms with Crippen molar-refractivity contribution in [3.05, 3.63) is 70.6 Å². The monoisotopic (exact) mass is 517 g/mol. The summed E-state index contributed by atoms with van der Waals surface area (Å²) in [5, 5.41) is 0.346. The molecule has 184 valence electrons. The number of piperazine rings is 1. The molecule has 0 unspecified atom stereocenters. The van der Waals surface area contributed by atoms with Gasteiger partial charge in [-0.2, -0.15) is 9.29 Å². The number of hydrogen-bond acceptors (Lipinski definition) is 7. The fraction of sp³-hybridized carbons (Fsp3) is 0.333. The first-order valence-electron chi connectivity index (χ1n) is 11.3. The number of benzene rings is 2. The van der Waals surface area contributed by atoms with Crippen molar-refractivity contribution in [1.82, 2.24) is 19.2 Å². The molecule has 5 rings (SSSR count). The summed E-state index contributed by atoms with van der Waals surface area (Å²) in [5.41, 5.74) is 1.31. The van der Waals surface area contributed by atoms with Gasteiger partial charge in [0.05, 0.1) is 16.2 Å². The van der Waals surface area contributed by atoms with Gasteiger partial charge in [0.1, 0.15) is 11.6 Å². The molecule has 0 saturated carbocycles. The van der Waals surface area contributed by atoms with E-state index in [0.717, 1.165) is 31.9 Å². The predicted octanol–water partition coefficient (Wildman–Crippen LogP) is 3.56. The Morgan fingerprint density at radius 1 is 1.00 bits per heavy atom. The number of rotatable bonds is 5. The minimum atomic E-state index is -3.80. The highest BCUT2D eigenvalue weighted by Gasteiger charge is 2.33. The molecule has 1 saturated heterocycles. The van der Waals surface area contributed by atoms with Gasteiger partial charge < -0.3 is 14.5 Å². The number of ether oxygens (including phenoxy) is 1. The molecule has 11 heteroatoms. The van der Waals surface area contributed by atoms with E-state index in [1.54, 1.807) is 24.3 Å². The molecule has 0 N–H and O–H groups in total. The maximum atomic E-state index is 13.8. The van der Waals surface area contributed by atoms with Crippen molar-refractivity contribution in [2.45, 2.75) is 17.9 Å². The Hall–Kier alpha value is -2.79. The summed E-state index contributed by atoms with van der Waals surface area (Å²) >= 11 is 6.04. The van der Waals surface area contributed by atoms with Crippen molar-refractivity contribution >= 4 is 27.6 Å². The molecule has 8 nitrogen and oxygen atoms in total. The zero-order valence-electron chi connectivity index (χ0n) is 19.2. The van der Waals surface area contributed by atoms with Crippen molar-refractivity contribution in [1.29, 1.82) is 0 Å². The number of hydrogen-bond donors (Lipinski definition) is 0. The van der Waals surface area contributed by atoms with E-state index < -0.39 is 15.8 Å². The lowest BCUT2D eigenvalue weighted by Gasteiger charge is -2.34. The van der Waals surface area contributed by atoms with Crippen molar-refractivity contribution in [2.75, 3.05) is 44.7 Å². The molecule has 0 amide bonds. The average Bonchev–Trinajstić information content (AvgIpc) is 2.84. The van der Waals surface area contributed by atoms with Crippen molar-refractivity contribution in [2.24, 2.45) is 0 Å². The molecule has 0 atom stereocenters. The highest BCUT2D eigenvalue weighted by atomic mass is 35.5. The summed E-state index contributed by atoms with van der Waals surface area (Å²) in [5.74, 6) is 0.620. The van der Waals surface area contributed by atoms with Crippen LogP contribution in [0, 0.1) is 5.82 Å². The molecular formula is C24H25ClFN5O3S. The molecule has 2 aliphatic rings. The Bertz CT molecular complexity index is 1350.